The number of benzene rings is 2. The van der Waals surface area contributed by atoms with Crippen LogP contribution in [0.15, 0.2) is 51.8 Å². The van der Waals surface area contributed by atoms with E-state index in [-0.39, 0.29) is 4.90 Å². The van der Waals surface area contributed by atoms with Gasteiger partial charge in [0.2, 0.25) is 0 Å². The van der Waals surface area contributed by atoms with Crippen molar-refractivity contribution in [3.05, 3.63) is 52.8 Å². The molecule has 0 atom stereocenters. The monoisotopic (exact) mass is 358 g/mol. The molecule has 0 amide bonds. The van der Waals surface area contributed by atoms with E-state index in [0.717, 1.165) is 20.9 Å². The van der Waals surface area contributed by atoms with Crippen molar-refractivity contribution in [3.63, 3.8) is 0 Å². The Morgan fingerprint density at radius 1 is 1.15 bits per heavy atom. The van der Waals surface area contributed by atoms with Gasteiger partial charge in [-0.15, -0.1) is 0 Å². The average molecular weight is 359 g/mol. The van der Waals surface area contributed by atoms with Crippen LogP contribution in [0.3, 0.4) is 0 Å². The van der Waals surface area contributed by atoms with Gasteiger partial charge in [0.1, 0.15) is 5.82 Å². The lowest BCUT2D eigenvalue weighted by atomic mass is 10.3. The maximum atomic E-state index is 12.9. The highest BCUT2D eigenvalue weighted by Gasteiger charge is 2.22. The minimum Gasteiger partial charge on any atom is -0.397 e. The Balaban J connectivity index is 2.45. The smallest absolute Gasteiger partial charge is 0.264 e. The van der Waals surface area contributed by atoms with Crippen LogP contribution < -0.4 is 10.0 Å². The fraction of sp³-hybridized carbons (Fsp3) is 0.0769. The Labute approximate surface area is 125 Å². The first-order valence-corrected chi connectivity index (χ1v) is 7.85. The quantitative estimate of drug-likeness (QED) is 0.857. The molecule has 2 aromatic rings. The second-order valence-corrected chi connectivity index (χ2v) is 7.01. The van der Waals surface area contributed by atoms with Crippen molar-refractivity contribution in [1.29, 1.82) is 0 Å². The summed E-state index contributed by atoms with van der Waals surface area (Å²) >= 11 is 3.26. The van der Waals surface area contributed by atoms with E-state index in [1.54, 1.807) is 18.2 Å². The van der Waals surface area contributed by atoms with Crippen molar-refractivity contribution in [1.82, 2.24) is 0 Å². The molecule has 0 aliphatic heterocycles. The molecule has 20 heavy (non-hydrogen) atoms. The van der Waals surface area contributed by atoms with Gasteiger partial charge in [0.25, 0.3) is 10.0 Å². The number of halogens is 2. The highest BCUT2D eigenvalue weighted by Crippen LogP contribution is 2.29. The summed E-state index contributed by atoms with van der Waals surface area (Å²) in [5.41, 5.74) is 6.51. The summed E-state index contributed by atoms with van der Waals surface area (Å²) in [4.78, 5) is 0.00344. The van der Waals surface area contributed by atoms with Gasteiger partial charge >= 0.3 is 0 Å². The normalized spacial score (nSPS) is 11.3. The third-order valence-electron chi connectivity index (χ3n) is 2.80. The van der Waals surface area contributed by atoms with Gasteiger partial charge in [-0.3, -0.25) is 4.31 Å². The lowest BCUT2D eigenvalue weighted by Crippen LogP contribution is -2.27. The highest BCUT2D eigenvalue weighted by molar-refractivity contribution is 9.10. The number of hydrogen-bond donors (Lipinski definition) is 1. The number of nitrogens with zero attached hydrogens (tertiary/aromatic N) is 1. The predicted molar refractivity (Wildman–Crippen MR) is 80.5 cm³/mol. The zero-order valence-electron chi connectivity index (χ0n) is 10.5. The van der Waals surface area contributed by atoms with Crippen molar-refractivity contribution in [2.24, 2.45) is 0 Å². The molecule has 0 fully saturated rings. The standard InChI is InChI=1S/C13H12BrFN2O2S/c1-17(13-7-2-9(14)8-12(13)16)20(18,19)11-5-3-10(15)4-6-11/h2-8H,16H2,1H3. The minimum absolute atomic E-state index is 0.00344. The SMILES string of the molecule is CN(c1ccc(Br)cc1N)S(=O)(=O)c1ccc(F)cc1. The molecule has 0 heterocycles. The molecule has 0 aliphatic carbocycles. The molecule has 2 N–H and O–H groups in total. The Morgan fingerprint density at radius 2 is 1.75 bits per heavy atom. The van der Waals surface area contributed by atoms with Crippen molar-refractivity contribution in [2.45, 2.75) is 4.90 Å². The predicted octanol–water partition coefficient (Wildman–Crippen LogP) is 3.00. The molecule has 7 heteroatoms. The number of rotatable bonds is 3. The molecule has 2 aromatic carbocycles. The van der Waals surface area contributed by atoms with Crippen LogP contribution in [0, 0.1) is 5.82 Å². The van der Waals surface area contributed by atoms with Gasteiger partial charge in [-0.05, 0) is 42.5 Å². The highest BCUT2D eigenvalue weighted by atomic mass is 79.9. The molecule has 0 bridgehead atoms. The van der Waals surface area contributed by atoms with Crippen molar-refractivity contribution in [2.75, 3.05) is 17.1 Å². The van der Waals surface area contributed by atoms with Gasteiger partial charge in [-0.1, -0.05) is 15.9 Å². The average Bonchev–Trinajstić information content (AvgIpc) is 2.38. The van der Waals surface area contributed by atoms with E-state index >= 15 is 0 Å². The maximum Gasteiger partial charge on any atom is 0.264 e. The van der Waals surface area contributed by atoms with Crippen LogP contribution in [0.1, 0.15) is 0 Å². The summed E-state index contributed by atoms with van der Waals surface area (Å²) in [6.45, 7) is 0. The van der Waals surface area contributed by atoms with Crippen LogP contribution in [0.5, 0.6) is 0 Å². The largest absolute Gasteiger partial charge is 0.397 e. The maximum absolute atomic E-state index is 12.9. The van der Waals surface area contributed by atoms with Crippen LogP contribution in [-0.4, -0.2) is 15.5 Å². The summed E-state index contributed by atoms with van der Waals surface area (Å²) in [6.07, 6.45) is 0. The zero-order chi connectivity index (χ0) is 14.9. The molecule has 0 saturated heterocycles. The van der Waals surface area contributed by atoms with Crippen molar-refractivity contribution < 1.29 is 12.8 Å². The first kappa shape index (κ1) is 14.8. The van der Waals surface area contributed by atoms with Gasteiger partial charge in [0.05, 0.1) is 16.3 Å². The lowest BCUT2D eigenvalue weighted by molar-refractivity contribution is 0.593. The van der Waals surface area contributed by atoms with Crippen molar-refractivity contribution >= 4 is 37.3 Å². The molecule has 0 spiro atoms. The topological polar surface area (TPSA) is 63.4 Å². The second-order valence-electron chi connectivity index (χ2n) is 4.13. The summed E-state index contributed by atoms with van der Waals surface area (Å²) in [5, 5.41) is 0. The van der Waals surface area contributed by atoms with Crippen LogP contribution in [-0.2, 0) is 10.0 Å². The first-order valence-electron chi connectivity index (χ1n) is 5.62. The molecule has 4 nitrogen and oxygen atoms in total. The fourth-order valence-electron chi connectivity index (χ4n) is 1.71. The Morgan fingerprint density at radius 3 is 2.30 bits per heavy atom. The molecule has 0 aromatic heterocycles. The van der Waals surface area contributed by atoms with Gasteiger partial charge in [-0.2, -0.15) is 0 Å². The number of nitrogen functional groups attached to an aromatic ring is 1. The molecule has 106 valence electrons. The van der Waals surface area contributed by atoms with Gasteiger partial charge in [0.15, 0.2) is 0 Å². The van der Waals surface area contributed by atoms with Crippen LogP contribution >= 0.6 is 15.9 Å². The van der Waals surface area contributed by atoms with E-state index in [1.165, 1.54) is 19.2 Å². The van der Waals surface area contributed by atoms with E-state index in [4.69, 9.17) is 5.73 Å². The third kappa shape index (κ3) is 2.78. The number of anilines is 2. The van der Waals surface area contributed by atoms with E-state index in [9.17, 15) is 12.8 Å². The summed E-state index contributed by atoms with van der Waals surface area (Å²) in [6, 6.07) is 9.55. The van der Waals surface area contributed by atoms with Gasteiger partial charge < -0.3 is 5.73 Å². The minimum atomic E-state index is -3.77. The van der Waals surface area contributed by atoms with E-state index < -0.39 is 15.8 Å². The molecule has 2 rings (SSSR count). The molecule has 0 radical (unpaired) electrons. The van der Waals surface area contributed by atoms with E-state index in [2.05, 4.69) is 15.9 Å². The molecule has 0 aliphatic rings. The summed E-state index contributed by atoms with van der Waals surface area (Å²) < 4.78 is 39.5. The number of nitrogens with two attached hydrogens (primary N) is 1. The molecule has 0 unspecified atom stereocenters. The fourth-order valence-corrected chi connectivity index (χ4v) is 3.31. The summed E-state index contributed by atoms with van der Waals surface area (Å²) in [7, 11) is -2.37. The van der Waals surface area contributed by atoms with Crippen LogP contribution in [0.4, 0.5) is 15.8 Å². The van der Waals surface area contributed by atoms with Crippen LogP contribution in [0.2, 0.25) is 0 Å². The molecule has 0 saturated carbocycles. The Kier molecular flexibility index (Phi) is 4.01. The molecular formula is C13H12BrFN2O2S. The Hall–Kier alpha value is -1.60. The van der Waals surface area contributed by atoms with E-state index in [1.807, 2.05) is 0 Å². The second kappa shape index (κ2) is 5.41. The van der Waals surface area contributed by atoms with Crippen LogP contribution in [0.25, 0.3) is 0 Å². The number of hydrogen-bond acceptors (Lipinski definition) is 3. The van der Waals surface area contributed by atoms with Gasteiger partial charge in [-0.25, -0.2) is 12.8 Å². The molecular weight excluding hydrogens is 347 g/mol. The first-order chi connectivity index (χ1) is 9.32. The van der Waals surface area contributed by atoms with Crippen molar-refractivity contribution in [3.8, 4) is 0 Å². The number of sulfonamides is 1. The lowest BCUT2D eigenvalue weighted by Gasteiger charge is -2.21. The van der Waals surface area contributed by atoms with Gasteiger partial charge in [0, 0.05) is 11.5 Å². The summed E-state index contributed by atoms with van der Waals surface area (Å²) in [5.74, 6) is -0.491. The zero-order valence-corrected chi connectivity index (χ0v) is 12.9. The van der Waals surface area contributed by atoms with E-state index in [0.29, 0.717) is 11.4 Å². The third-order valence-corrected chi connectivity index (χ3v) is 5.08. The Bertz CT molecular complexity index is 733.